The first-order valence-electron chi connectivity index (χ1n) is 13.9. The number of phenols is 1. The molecule has 4 N–H and O–H groups in total. The van der Waals surface area contributed by atoms with Gasteiger partial charge < -0.3 is 39.8 Å². The molecule has 0 radical (unpaired) electrons. The van der Waals surface area contributed by atoms with E-state index in [4.69, 9.17) is 31.5 Å². The molecule has 2 aliphatic rings. The van der Waals surface area contributed by atoms with Crippen molar-refractivity contribution in [3.63, 3.8) is 0 Å². The number of amides is 2. The second-order valence-corrected chi connectivity index (χ2v) is 11.0. The van der Waals surface area contributed by atoms with Gasteiger partial charge in [-0.1, -0.05) is 11.6 Å². The lowest BCUT2D eigenvalue weighted by atomic mass is 9.99. The number of carbonyl (C=O) groups excluding carboxylic acids is 2. The summed E-state index contributed by atoms with van der Waals surface area (Å²) in [4.78, 5) is 50.4. The van der Waals surface area contributed by atoms with E-state index in [9.17, 15) is 19.5 Å². The number of primary amides is 1. The molecule has 4 aromatic rings. The monoisotopic (exact) mass is 623 g/mol. The van der Waals surface area contributed by atoms with Crippen LogP contribution in [0.5, 0.6) is 17.2 Å². The Hall–Kier alpha value is -4.82. The van der Waals surface area contributed by atoms with Crippen LogP contribution in [0.25, 0.3) is 22.2 Å². The van der Waals surface area contributed by atoms with Gasteiger partial charge in [0.05, 0.1) is 47.1 Å². The first-order chi connectivity index (χ1) is 21.0. The number of nitrogens with one attached hydrogen (secondary N) is 1. The summed E-state index contributed by atoms with van der Waals surface area (Å²) in [6, 6.07) is 3.15. The Labute approximate surface area is 255 Å². The van der Waals surface area contributed by atoms with Crippen LogP contribution in [0.1, 0.15) is 23.1 Å². The Morgan fingerprint density at radius 3 is 2.66 bits per heavy atom. The lowest BCUT2D eigenvalue weighted by molar-refractivity contribution is -0.116. The maximum absolute atomic E-state index is 13.6. The molecule has 1 aromatic carbocycles. The highest BCUT2D eigenvalue weighted by Crippen LogP contribution is 2.49. The summed E-state index contributed by atoms with van der Waals surface area (Å²) in [5, 5.41) is 13.9. The number of pyridine rings is 1. The Bertz CT molecular complexity index is 1890. The van der Waals surface area contributed by atoms with Gasteiger partial charge in [0.15, 0.2) is 11.5 Å². The van der Waals surface area contributed by atoms with Gasteiger partial charge in [-0.2, -0.15) is 0 Å². The second-order valence-electron chi connectivity index (χ2n) is 10.6. The molecule has 2 amide bonds. The fourth-order valence-electron chi connectivity index (χ4n) is 5.42. The molecule has 1 saturated heterocycles. The van der Waals surface area contributed by atoms with E-state index in [2.05, 4.69) is 20.2 Å². The lowest BCUT2D eigenvalue weighted by Crippen LogP contribution is -2.44. The van der Waals surface area contributed by atoms with Gasteiger partial charge in [0.25, 0.3) is 11.5 Å². The maximum atomic E-state index is 13.6. The molecule has 44 heavy (non-hydrogen) atoms. The Morgan fingerprint density at radius 1 is 1.18 bits per heavy atom. The Balaban J connectivity index is 1.42. The van der Waals surface area contributed by atoms with Crippen molar-refractivity contribution in [3.8, 4) is 28.4 Å². The third-order valence-corrected chi connectivity index (χ3v) is 8.06. The number of halogens is 1. The highest BCUT2D eigenvalue weighted by atomic mass is 35.5. The van der Waals surface area contributed by atoms with E-state index in [1.165, 1.54) is 21.4 Å². The number of aromatic nitrogens is 4. The quantitative estimate of drug-likeness (QED) is 0.289. The molecule has 0 aliphatic carbocycles. The van der Waals surface area contributed by atoms with Gasteiger partial charge in [0, 0.05) is 37.0 Å². The molecule has 15 heteroatoms. The van der Waals surface area contributed by atoms with Crippen LogP contribution in [0.3, 0.4) is 0 Å². The number of benzene rings is 1. The van der Waals surface area contributed by atoms with Crippen LogP contribution in [0.2, 0.25) is 5.02 Å². The predicted octanol–water partition coefficient (Wildman–Crippen LogP) is 2.20. The zero-order valence-electron chi connectivity index (χ0n) is 24.2. The topological polar surface area (TPSA) is 176 Å². The van der Waals surface area contributed by atoms with E-state index in [0.717, 1.165) is 0 Å². The van der Waals surface area contributed by atoms with Crippen molar-refractivity contribution >= 4 is 46.0 Å². The molecule has 14 nitrogen and oxygen atoms in total. The van der Waals surface area contributed by atoms with Crippen LogP contribution in [0, 0.1) is 6.92 Å². The first kappa shape index (κ1) is 29.3. The number of morpholine rings is 1. The predicted molar refractivity (Wildman–Crippen MR) is 162 cm³/mol. The molecular formula is C29H30ClN7O7. The van der Waals surface area contributed by atoms with Crippen LogP contribution in [-0.2, 0) is 23.1 Å². The standard InChI is InChI=1S/C29H30ClN7O7/c1-14-13-42-5-4-37(14)21-9-20(19(30)10-32-21)34-22(38)12-36-11-18(23-28(36)33-15(2)35(3)29(23)41)16-8-17(27(31)40)24(39)26-25(16)43-6-7-44-26/h8-11,14,39H,4-7,12-13H2,1-3H3,(H2,31,40)(H,32,34,38)/t14-/m0/s1. The fourth-order valence-corrected chi connectivity index (χ4v) is 5.57. The van der Waals surface area contributed by atoms with Crippen LogP contribution < -0.4 is 31.0 Å². The van der Waals surface area contributed by atoms with Crippen molar-refractivity contribution in [2.45, 2.75) is 26.4 Å². The highest BCUT2D eigenvalue weighted by Gasteiger charge is 2.30. The summed E-state index contributed by atoms with van der Waals surface area (Å²) in [7, 11) is 1.58. The van der Waals surface area contributed by atoms with Crippen LogP contribution in [0.4, 0.5) is 11.5 Å². The molecular weight excluding hydrogens is 594 g/mol. The SMILES string of the molecule is Cc1nc2c(c(-c3cc(C(N)=O)c(O)c4c3OCCO4)cn2CC(=O)Nc2cc(N3CCOC[C@@H]3C)ncc2Cl)c(=O)n1C. The largest absolute Gasteiger partial charge is 0.504 e. The number of ether oxygens (including phenoxy) is 3. The summed E-state index contributed by atoms with van der Waals surface area (Å²) in [5.74, 6) is -0.645. The highest BCUT2D eigenvalue weighted by molar-refractivity contribution is 6.33. The number of anilines is 2. The third-order valence-electron chi connectivity index (χ3n) is 7.75. The molecule has 5 heterocycles. The lowest BCUT2D eigenvalue weighted by Gasteiger charge is -2.34. The minimum Gasteiger partial charge on any atom is -0.504 e. The fraction of sp³-hybridized carbons (Fsp3) is 0.345. The van der Waals surface area contributed by atoms with Crippen LogP contribution in [0.15, 0.2) is 29.3 Å². The number of nitrogens with zero attached hydrogens (tertiary/aromatic N) is 5. The molecule has 1 atom stereocenters. The molecule has 6 rings (SSSR count). The number of aromatic hydroxyl groups is 1. The average Bonchev–Trinajstić information content (AvgIpc) is 3.34. The van der Waals surface area contributed by atoms with Gasteiger partial charge in [0.2, 0.25) is 11.7 Å². The Morgan fingerprint density at radius 2 is 1.93 bits per heavy atom. The van der Waals surface area contributed by atoms with Crippen molar-refractivity contribution in [2.75, 3.05) is 43.2 Å². The Kier molecular flexibility index (Phi) is 7.55. The van der Waals surface area contributed by atoms with E-state index in [-0.39, 0.29) is 70.0 Å². The molecule has 0 spiro atoms. The molecule has 0 saturated carbocycles. The molecule has 0 unspecified atom stereocenters. The third kappa shape index (κ3) is 5.05. The number of carbonyl (C=O) groups is 2. The number of hydrogen-bond donors (Lipinski definition) is 3. The van der Waals surface area contributed by atoms with Crippen molar-refractivity contribution in [1.82, 2.24) is 19.1 Å². The van der Waals surface area contributed by atoms with Gasteiger partial charge >= 0.3 is 0 Å². The summed E-state index contributed by atoms with van der Waals surface area (Å²) < 4.78 is 19.9. The van der Waals surface area contributed by atoms with Gasteiger partial charge in [-0.25, -0.2) is 9.97 Å². The van der Waals surface area contributed by atoms with Gasteiger partial charge in [0.1, 0.15) is 37.0 Å². The van der Waals surface area contributed by atoms with Crippen LogP contribution in [-0.4, -0.2) is 75.0 Å². The summed E-state index contributed by atoms with van der Waals surface area (Å²) >= 11 is 6.41. The molecule has 1 fully saturated rings. The summed E-state index contributed by atoms with van der Waals surface area (Å²) in [5.41, 5.74) is 6.15. The van der Waals surface area contributed by atoms with E-state index >= 15 is 0 Å². The van der Waals surface area contributed by atoms with E-state index in [1.54, 1.807) is 26.2 Å². The van der Waals surface area contributed by atoms with Crippen molar-refractivity contribution in [1.29, 1.82) is 0 Å². The maximum Gasteiger partial charge on any atom is 0.263 e. The number of rotatable bonds is 6. The van der Waals surface area contributed by atoms with E-state index in [1.807, 2.05) is 6.92 Å². The van der Waals surface area contributed by atoms with Crippen LogP contribution >= 0.6 is 11.6 Å². The zero-order valence-corrected chi connectivity index (χ0v) is 25.0. The van der Waals surface area contributed by atoms with Crippen molar-refractivity contribution in [2.24, 2.45) is 12.8 Å². The smallest absolute Gasteiger partial charge is 0.263 e. The van der Waals surface area contributed by atoms with Crippen molar-refractivity contribution in [3.05, 3.63) is 51.3 Å². The summed E-state index contributed by atoms with van der Waals surface area (Å²) in [6.07, 6.45) is 3.06. The number of nitrogens with two attached hydrogens (primary N) is 1. The average molecular weight is 624 g/mol. The minimum atomic E-state index is -0.897. The number of hydrogen-bond acceptors (Lipinski definition) is 10. The molecule has 0 bridgehead atoms. The normalized spacial score (nSPS) is 16.3. The van der Waals surface area contributed by atoms with Gasteiger partial charge in [-0.3, -0.25) is 19.0 Å². The minimum absolute atomic E-state index is 0.0594. The zero-order chi connectivity index (χ0) is 31.3. The van der Waals surface area contributed by atoms with Crippen molar-refractivity contribution < 1.29 is 28.9 Å². The molecule has 2 aliphatic heterocycles. The molecule has 3 aromatic heterocycles. The summed E-state index contributed by atoms with van der Waals surface area (Å²) in [6.45, 7) is 5.54. The van der Waals surface area contributed by atoms with E-state index < -0.39 is 17.6 Å². The number of fused-ring (bicyclic) bond motifs is 2. The second kappa shape index (κ2) is 11.4. The molecule has 230 valence electrons. The van der Waals surface area contributed by atoms with Gasteiger partial charge in [-0.05, 0) is 19.9 Å². The first-order valence-corrected chi connectivity index (χ1v) is 14.2. The van der Waals surface area contributed by atoms with Gasteiger partial charge in [-0.15, -0.1) is 0 Å². The number of aryl methyl sites for hydroxylation is 1. The van der Waals surface area contributed by atoms with E-state index in [0.29, 0.717) is 42.7 Å².